The average molecular weight is 521 g/mol. The first-order chi connectivity index (χ1) is 18.1. The van der Waals surface area contributed by atoms with Crippen LogP contribution in [0.2, 0.25) is 0 Å². The molecule has 2 aliphatic heterocycles. The van der Waals surface area contributed by atoms with Crippen molar-refractivity contribution in [3.63, 3.8) is 0 Å². The van der Waals surface area contributed by atoms with Gasteiger partial charge in [0.2, 0.25) is 0 Å². The lowest BCUT2D eigenvalue weighted by Crippen LogP contribution is -2.20. The fourth-order valence-corrected chi connectivity index (χ4v) is 7.17. The molecule has 6 rings (SSSR count). The van der Waals surface area contributed by atoms with Gasteiger partial charge in [-0.2, -0.15) is 10.2 Å². The third-order valence-electron chi connectivity index (χ3n) is 6.66. The highest BCUT2D eigenvalue weighted by Crippen LogP contribution is 2.49. The maximum Gasteiger partial charge on any atom is 0.0568 e. The lowest BCUT2D eigenvalue weighted by Gasteiger charge is -2.32. The normalized spacial score (nSPS) is 14.0. The highest BCUT2D eigenvalue weighted by atomic mass is 32.2. The summed E-state index contributed by atoms with van der Waals surface area (Å²) in [5.41, 5.74) is 8.44. The molecule has 184 valence electrons. The second-order valence-electron chi connectivity index (χ2n) is 9.08. The average Bonchev–Trinajstić information content (AvgIpc) is 2.92. The standard InChI is InChI=1S/C31H28N4S2/c1-4-34-24-8-6-7-9-28(24)36-30-17-22(11-13-25(30)34)19-32-33-20-23-12-14-26-31(18-23)37-29-15-10-21(3)16-27(29)35(26)5-2/h6-20H,4-5H2,1-3H3/b32-19+,33-20+. The molecule has 4 aromatic carbocycles. The van der Waals surface area contributed by atoms with Gasteiger partial charge in [-0.25, -0.2) is 0 Å². The van der Waals surface area contributed by atoms with E-state index in [2.05, 4.69) is 120 Å². The second kappa shape index (κ2) is 10.1. The lowest BCUT2D eigenvalue weighted by molar-refractivity contribution is 0.977. The van der Waals surface area contributed by atoms with Crippen molar-refractivity contribution in [1.29, 1.82) is 0 Å². The third kappa shape index (κ3) is 4.56. The number of rotatable bonds is 5. The van der Waals surface area contributed by atoms with Crippen molar-refractivity contribution < 1.29 is 0 Å². The fourth-order valence-electron chi connectivity index (χ4n) is 4.90. The minimum absolute atomic E-state index is 0.933. The Morgan fingerprint density at radius 3 is 1.76 bits per heavy atom. The molecule has 0 saturated heterocycles. The van der Waals surface area contributed by atoms with Crippen LogP contribution in [-0.4, -0.2) is 25.5 Å². The Balaban J connectivity index is 1.20. The van der Waals surface area contributed by atoms with E-state index in [9.17, 15) is 0 Å². The summed E-state index contributed by atoms with van der Waals surface area (Å²) < 4.78 is 0. The zero-order valence-electron chi connectivity index (χ0n) is 21.2. The van der Waals surface area contributed by atoms with Crippen LogP contribution in [0.4, 0.5) is 22.7 Å². The molecule has 0 radical (unpaired) electrons. The number of hydrogen-bond donors (Lipinski definition) is 0. The van der Waals surface area contributed by atoms with E-state index in [1.807, 2.05) is 36.0 Å². The van der Waals surface area contributed by atoms with E-state index < -0.39 is 0 Å². The van der Waals surface area contributed by atoms with Crippen LogP contribution < -0.4 is 9.80 Å². The van der Waals surface area contributed by atoms with Crippen molar-refractivity contribution in [1.82, 2.24) is 0 Å². The maximum atomic E-state index is 4.36. The van der Waals surface area contributed by atoms with E-state index in [0.29, 0.717) is 0 Å². The predicted octanol–water partition coefficient (Wildman–Crippen LogP) is 8.69. The van der Waals surface area contributed by atoms with Crippen LogP contribution in [-0.2, 0) is 0 Å². The van der Waals surface area contributed by atoms with Gasteiger partial charge in [-0.15, -0.1) is 0 Å². The SMILES string of the molecule is CCN1c2ccccc2Sc2cc(/C=N/N=C/c3ccc4c(c3)Sc3ccc(C)cc3N4CC)ccc21. The Kier molecular flexibility index (Phi) is 6.53. The predicted molar refractivity (Wildman–Crippen MR) is 159 cm³/mol. The summed E-state index contributed by atoms with van der Waals surface area (Å²) in [6.45, 7) is 8.41. The number of fused-ring (bicyclic) bond motifs is 4. The fraction of sp³-hybridized carbons (Fsp3) is 0.161. The van der Waals surface area contributed by atoms with Crippen LogP contribution in [0, 0.1) is 6.92 Å². The molecular formula is C31H28N4S2. The molecular weight excluding hydrogens is 493 g/mol. The Labute approximate surface area is 227 Å². The zero-order valence-corrected chi connectivity index (χ0v) is 22.8. The van der Waals surface area contributed by atoms with Gasteiger partial charge in [-0.3, -0.25) is 0 Å². The van der Waals surface area contributed by atoms with Gasteiger partial charge < -0.3 is 9.80 Å². The molecule has 0 fully saturated rings. The second-order valence-corrected chi connectivity index (χ2v) is 11.2. The van der Waals surface area contributed by atoms with Gasteiger partial charge in [0, 0.05) is 32.7 Å². The number of benzene rings is 4. The van der Waals surface area contributed by atoms with Crippen molar-refractivity contribution in [3.8, 4) is 0 Å². The van der Waals surface area contributed by atoms with Crippen molar-refractivity contribution in [2.24, 2.45) is 10.2 Å². The minimum Gasteiger partial charge on any atom is -0.340 e. The Morgan fingerprint density at radius 1 is 0.595 bits per heavy atom. The molecule has 0 bridgehead atoms. The molecule has 0 aromatic heterocycles. The summed E-state index contributed by atoms with van der Waals surface area (Å²) in [6.07, 6.45) is 3.67. The van der Waals surface area contributed by atoms with Gasteiger partial charge in [0.15, 0.2) is 0 Å². The molecule has 0 N–H and O–H groups in total. The molecule has 4 aromatic rings. The summed E-state index contributed by atoms with van der Waals surface area (Å²) in [5, 5.41) is 8.73. The minimum atomic E-state index is 0.933. The first-order valence-corrected chi connectivity index (χ1v) is 14.2. The van der Waals surface area contributed by atoms with Gasteiger partial charge in [-0.1, -0.05) is 53.9 Å². The molecule has 2 aliphatic rings. The molecule has 4 nitrogen and oxygen atoms in total. The summed E-state index contributed by atoms with van der Waals surface area (Å²) in [4.78, 5) is 9.83. The van der Waals surface area contributed by atoms with E-state index >= 15 is 0 Å². The van der Waals surface area contributed by atoms with E-state index in [0.717, 1.165) is 24.2 Å². The van der Waals surface area contributed by atoms with E-state index in [-0.39, 0.29) is 0 Å². The summed E-state index contributed by atoms with van der Waals surface area (Å²) in [7, 11) is 0. The number of anilines is 4. The van der Waals surface area contributed by atoms with Gasteiger partial charge in [-0.05, 0) is 86.0 Å². The lowest BCUT2D eigenvalue weighted by atomic mass is 10.1. The zero-order chi connectivity index (χ0) is 25.4. The highest BCUT2D eigenvalue weighted by Gasteiger charge is 2.23. The third-order valence-corrected chi connectivity index (χ3v) is 8.89. The molecule has 0 atom stereocenters. The molecule has 37 heavy (non-hydrogen) atoms. The molecule has 6 heteroatoms. The van der Waals surface area contributed by atoms with Gasteiger partial charge >= 0.3 is 0 Å². The Bertz CT molecular complexity index is 1540. The van der Waals surface area contributed by atoms with Gasteiger partial charge in [0.1, 0.15) is 0 Å². The number of para-hydroxylation sites is 1. The van der Waals surface area contributed by atoms with Crippen LogP contribution in [0.15, 0.2) is 109 Å². The molecule has 0 unspecified atom stereocenters. The van der Waals surface area contributed by atoms with Crippen LogP contribution in [0.5, 0.6) is 0 Å². The van der Waals surface area contributed by atoms with Crippen LogP contribution >= 0.6 is 23.5 Å². The maximum absolute atomic E-state index is 4.36. The summed E-state index contributed by atoms with van der Waals surface area (Å²) >= 11 is 3.64. The van der Waals surface area contributed by atoms with E-state index in [4.69, 9.17) is 0 Å². The van der Waals surface area contributed by atoms with E-state index in [1.54, 1.807) is 0 Å². The number of nitrogens with zero attached hydrogens (tertiary/aromatic N) is 4. The molecule has 0 saturated carbocycles. The van der Waals surface area contributed by atoms with E-state index in [1.165, 1.54) is 47.9 Å². The van der Waals surface area contributed by atoms with Crippen molar-refractivity contribution in [2.45, 2.75) is 40.4 Å². The van der Waals surface area contributed by atoms with Crippen LogP contribution in [0.25, 0.3) is 0 Å². The quantitative estimate of drug-likeness (QED) is 0.195. The Morgan fingerprint density at radius 2 is 1.14 bits per heavy atom. The highest BCUT2D eigenvalue weighted by molar-refractivity contribution is 8.00. The van der Waals surface area contributed by atoms with Gasteiger partial charge in [0.25, 0.3) is 0 Å². The van der Waals surface area contributed by atoms with Gasteiger partial charge in [0.05, 0.1) is 35.2 Å². The smallest absolute Gasteiger partial charge is 0.0568 e. The van der Waals surface area contributed by atoms with Crippen molar-refractivity contribution in [3.05, 3.63) is 95.6 Å². The molecule has 0 aliphatic carbocycles. The molecule has 0 amide bonds. The number of hydrogen-bond acceptors (Lipinski definition) is 6. The van der Waals surface area contributed by atoms with Crippen LogP contribution in [0.3, 0.4) is 0 Å². The Hall–Kier alpha value is -3.48. The monoisotopic (exact) mass is 520 g/mol. The summed E-state index contributed by atoms with van der Waals surface area (Å²) in [6, 6.07) is 28.3. The number of aryl methyl sites for hydroxylation is 1. The van der Waals surface area contributed by atoms with Crippen molar-refractivity contribution in [2.75, 3.05) is 22.9 Å². The first-order valence-electron chi connectivity index (χ1n) is 12.6. The molecule has 0 spiro atoms. The first kappa shape index (κ1) is 23.9. The molecule has 2 heterocycles. The topological polar surface area (TPSA) is 31.2 Å². The largest absolute Gasteiger partial charge is 0.340 e. The van der Waals surface area contributed by atoms with Crippen LogP contribution in [0.1, 0.15) is 30.5 Å². The van der Waals surface area contributed by atoms with Crippen molar-refractivity contribution >= 4 is 58.7 Å². The summed E-state index contributed by atoms with van der Waals surface area (Å²) in [5.74, 6) is 0.